The lowest BCUT2D eigenvalue weighted by Gasteiger charge is -2.29. The fourth-order valence-corrected chi connectivity index (χ4v) is 2.20. The number of amides is 2. The number of carbonyl (C=O) groups excluding carboxylic acids is 1. The number of aryl methyl sites for hydroxylation is 1. The number of piperidine rings is 1. The summed E-state index contributed by atoms with van der Waals surface area (Å²) in [5.41, 5.74) is 0.682. The Hall–Kier alpha value is -2.38. The highest BCUT2D eigenvalue weighted by Crippen LogP contribution is 2.18. The Morgan fingerprint density at radius 1 is 1.38 bits per heavy atom. The van der Waals surface area contributed by atoms with Crippen molar-refractivity contribution in [1.29, 1.82) is 0 Å². The predicted molar refractivity (Wildman–Crippen MR) is 74.3 cm³/mol. The maximum atomic E-state index is 12.1. The van der Waals surface area contributed by atoms with Gasteiger partial charge in [-0.15, -0.1) is 0 Å². The Bertz CT molecular complexity index is 541. The minimum atomic E-state index is -0.804. The zero-order valence-corrected chi connectivity index (χ0v) is 12.0. The van der Waals surface area contributed by atoms with Crippen LogP contribution < -0.4 is 10.1 Å². The molecular weight excluding hydrogens is 276 g/mol. The number of nitrogens with zero attached hydrogens (tertiary/aromatic N) is 3. The normalized spacial score (nSPS) is 15.6. The Kier molecular flexibility index (Phi) is 4.56. The number of carbonyl (C=O) groups is 2. The van der Waals surface area contributed by atoms with Crippen molar-refractivity contribution in [2.45, 2.75) is 19.8 Å². The van der Waals surface area contributed by atoms with Gasteiger partial charge in [-0.05, 0) is 19.8 Å². The van der Waals surface area contributed by atoms with Crippen molar-refractivity contribution in [3.63, 3.8) is 0 Å². The van der Waals surface area contributed by atoms with Gasteiger partial charge in [0.15, 0.2) is 0 Å². The van der Waals surface area contributed by atoms with Gasteiger partial charge in [0, 0.05) is 24.8 Å². The monoisotopic (exact) mass is 294 g/mol. The zero-order chi connectivity index (χ0) is 15.4. The highest BCUT2D eigenvalue weighted by Gasteiger charge is 2.27. The number of nitrogens with one attached hydrogen (secondary N) is 1. The number of likely N-dealkylation sites (tertiary alicyclic amines) is 1. The number of carboxylic acid groups (broad SMARTS) is 1. The molecule has 0 aromatic carbocycles. The van der Waals surface area contributed by atoms with E-state index in [1.54, 1.807) is 17.9 Å². The van der Waals surface area contributed by atoms with Crippen LogP contribution in [0.4, 0.5) is 10.7 Å². The second-order valence-electron chi connectivity index (χ2n) is 4.91. The second kappa shape index (κ2) is 6.38. The summed E-state index contributed by atoms with van der Waals surface area (Å²) < 4.78 is 5.02. The third-order valence-electron chi connectivity index (χ3n) is 3.39. The Labute approximate surface area is 122 Å². The summed E-state index contributed by atoms with van der Waals surface area (Å²) in [7, 11) is 1.49. The van der Waals surface area contributed by atoms with E-state index >= 15 is 0 Å². The van der Waals surface area contributed by atoms with Gasteiger partial charge >= 0.3 is 12.0 Å². The van der Waals surface area contributed by atoms with Crippen LogP contribution in [0, 0.1) is 12.8 Å². The van der Waals surface area contributed by atoms with Gasteiger partial charge in [-0.1, -0.05) is 0 Å². The first-order valence-corrected chi connectivity index (χ1v) is 6.68. The summed E-state index contributed by atoms with van der Waals surface area (Å²) in [6, 6.07) is 1.33. The summed E-state index contributed by atoms with van der Waals surface area (Å²) in [5.74, 6) is -0.620. The molecule has 0 atom stereocenters. The molecule has 1 saturated heterocycles. The summed E-state index contributed by atoms with van der Waals surface area (Å²) in [6.45, 7) is 2.59. The van der Waals surface area contributed by atoms with Crippen LogP contribution in [0.2, 0.25) is 0 Å². The minimum absolute atomic E-state index is 0.178. The molecule has 0 saturated carbocycles. The van der Waals surface area contributed by atoms with E-state index in [2.05, 4.69) is 15.3 Å². The van der Waals surface area contributed by atoms with Crippen LogP contribution in [0.3, 0.4) is 0 Å². The molecular formula is C13H18N4O4. The van der Waals surface area contributed by atoms with E-state index in [1.807, 2.05) is 0 Å². The molecule has 1 aromatic rings. The van der Waals surface area contributed by atoms with E-state index < -0.39 is 5.97 Å². The predicted octanol–water partition coefficient (Wildman–Crippen LogP) is 1.12. The van der Waals surface area contributed by atoms with E-state index in [0.29, 0.717) is 37.5 Å². The van der Waals surface area contributed by atoms with E-state index in [9.17, 15) is 9.59 Å². The summed E-state index contributed by atoms with van der Waals surface area (Å²) >= 11 is 0. The SMILES string of the molecule is COc1cc(C)nc(NC(=O)N2CCC(C(=O)O)CC2)n1. The molecule has 2 heterocycles. The number of urea groups is 1. The van der Waals surface area contributed by atoms with E-state index in [0.717, 1.165) is 0 Å². The summed E-state index contributed by atoms with van der Waals surface area (Å²) in [6.07, 6.45) is 0.918. The number of aromatic nitrogens is 2. The lowest BCUT2D eigenvalue weighted by Crippen LogP contribution is -2.42. The first kappa shape index (κ1) is 15.0. The van der Waals surface area contributed by atoms with Crippen molar-refractivity contribution in [2.24, 2.45) is 5.92 Å². The second-order valence-corrected chi connectivity index (χ2v) is 4.91. The van der Waals surface area contributed by atoms with Crippen LogP contribution in [0.1, 0.15) is 18.5 Å². The number of carboxylic acids is 1. The number of aliphatic carboxylic acids is 1. The quantitative estimate of drug-likeness (QED) is 0.865. The molecule has 1 aromatic heterocycles. The van der Waals surface area contributed by atoms with E-state index in [-0.39, 0.29) is 17.9 Å². The Morgan fingerprint density at radius 2 is 2.05 bits per heavy atom. The van der Waals surface area contributed by atoms with Crippen molar-refractivity contribution < 1.29 is 19.4 Å². The number of methoxy groups -OCH3 is 1. The fourth-order valence-electron chi connectivity index (χ4n) is 2.20. The van der Waals surface area contributed by atoms with Crippen molar-refractivity contribution in [2.75, 3.05) is 25.5 Å². The molecule has 1 fully saturated rings. The maximum Gasteiger partial charge on any atom is 0.324 e. The highest BCUT2D eigenvalue weighted by atomic mass is 16.5. The topological polar surface area (TPSA) is 105 Å². The standard InChI is InChI=1S/C13H18N4O4/c1-8-7-10(21-2)15-12(14-8)16-13(20)17-5-3-9(4-6-17)11(18)19/h7,9H,3-6H2,1-2H3,(H,18,19)(H,14,15,16,20). The largest absolute Gasteiger partial charge is 0.481 e. The van der Waals surface area contributed by atoms with Gasteiger partial charge in [0.25, 0.3) is 0 Å². The smallest absolute Gasteiger partial charge is 0.324 e. The van der Waals surface area contributed by atoms with Crippen molar-refractivity contribution in [3.05, 3.63) is 11.8 Å². The number of hydrogen-bond acceptors (Lipinski definition) is 5. The molecule has 1 aliphatic rings. The van der Waals surface area contributed by atoms with Gasteiger partial charge in [0.2, 0.25) is 11.8 Å². The molecule has 2 N–H and O–H groups in total. The Morgan fingerprint density at radius 3 is 2.62 bits per heavy atom. The van der Waals surface area contributed by atoms with Crippen molar-refractivity contribution >= 4 is 17.9 Å². The van der Waals surface area contributed by atoms with Crippen LogP contribution in [-0.2, 0) is 4.79 Å². The Balaban J connectivity index is 1.96. The molecule has 1 aliphatic heterocycles. The third-order valence-corrected chi connectivity index (χ3v) is 3.39. The first-order chi connectivity index (χ1) is 9.99. The molecule has 2 amide bonds. The summed E-state index contributed by atoms with van der Waals surface area (Å²) in [5, 5.41) is 11.5. The van der Waals surface area contributed by atoms with Crippen LogP contribution in [0.5, 0.6) is 5.88 Å². The third kappa shape index (κ3) is 3.80. The van der Waals surface area contributed by atoms with Gasteiger partial charge in [0.05, 0.1) is 13.0 Å². The molecule has 0 unspecified atom stereocenters. The van der Waals surface area contributed by atoms with Crippen molar-refractivity contribution in [3.8, 4) is 5.88 Å². The highest BCUT2D eigenvalue weighted by molar-refractivity contribution is 5.87. The lowest BCUT2D eigenvalue weighted by molar-refractivity contribution is -0.143. The average molecular weight is 294 g/mol. The molecule has 0 bridgehead atoms. The number of hydrogen-bond donors (Lipinski definition) is 2. The number of ether oxygens (including phenoxy) is 1. The molecule has 8 nitrogen and oxygen atoms in total. The first-order valence-electron chi connectivity index (χ1n) is 6.68. The van der Waals surface area contributed by atoms with Gasteiger partial charge in [-0.25, -0.2) is 9.78 Å². The average Bonchev–Trinajstić information content (AvgIpc) is 2.46. The van der Waals surface area contributed by atoms with Crippen LogP contribution in [0.25, 0.3) is 0 Å². The van der Waals surface area contributed by atoms with E-state index in [4.69, 9.17) is 9.84 Å². The molecule has 8 heteroatoms. The lowest BCUT2D eigenvalue weighted by atomic mass is 9.97. The molecule has 0 aliphatic carbocycles. The molecule has 2 rings (SSSR count). The maximum absolute atomic E-state index is 12.1. The van der Waals surface area contributed by atoms with Gasteiger partial charge in [-0.3, -0.25) is 10.1 Å². The summed E-state index contributed by atoms with van der Waals surface area (Å²) in [4.78, 5) is 32.7. The molecule has 0 spiro atoms. The van der Waals surface area contributed by atoms with Crippen LogP contribution in [0.15, 0.2) is 6.07 Å². The number of rotatable bonds is 3. The van der Waals surface area contributed by atoms with Gasteiger partial charge < -0.3 is 14.7 Å². The minimum Gasteiger partial charge on any atom is -0.481 e. The van der Waals surface area contributed by atoms with Gasteiger partial charge in [0.1, 0.15) is 0 Å². The zero-order valence-electron chi connectivity index (χ0n) is 12.0. The molecule has 114 valence electrons. The fraction of sp³-hybridized carbons (Fsp3) is 0.538. The van der Waals surface area contributed by atoms with Gasteiger partial charge in [-0.2, -0.15) is 4.98 Å². The van der Waals surface area contributed by atoms with Crippen molar-refractivity contribution in [1.82, 2.24) is 14.9 Å². The van der Waals surface area contributed by atoms with Crippen LogP contribution >= 0.6 is 0 Å². The molecule has 21 heavy (non-hydrogen) atoms. The van der Waals surface area contributed by atoms with Crippen LogP contribution in [-0.4, -0.2) is 52.2 Å². The number of anilines is 1. The van der Waals surface area contributed by atoms with E-state index in [1.165, 1.54) is 7.11 Å². The molecule has 0 radical (unpaired) electrons.